The van der Waals surface area contributed by atoms with Crippen molar-refractivity contribution in [2.45, 2.75) is 33.6 Å². The van der Waals surface area contributed by atoms with Crippen LogP contribution in [0.15, 0.2) is 12.1 Å². The SMILES string of the molecule is CCOc1cc(N)c(F)cc1C(=O)C[C@](C)(CC)C(=O)O. The zero-order valence-electron chi connectivity index (χ0n) is 12.4. The predicted octanol–water partition coefficient (Wildman–Crippen LogP) is 2.88. The normalized spacial score (nSPS) is 13.5. The van der Waals surface area contributed by atoms with Crippen LogP contribution in [0, 0.1) is 11.2 Å². The molecular formula is C15H20FNO4. The molecule has 0 spiro atoms. The number of ether oxygens (including phenoxy) is 1. The first-order valence-electron chi connectivity index (χ1n) is 6.73. The number of nitrogens with two attached hydrogens (primary N) is 1. The van der Waals surface area contributed by atoms with E-state index in [0.717, 1.165) is 6.07 Å². The molecule has 0 radical (unpaired) electrons. The van der Waals surface area contributed by atoms with Crippen molar-refractivity contribution in [3.63, 3.8) is 0 Å². The summed E-state index contributed by atoms with van der Waals surface area (Å²) < 4.78 is 18.9. The second-order valence-corrected chi connectivity index (χ2v) is 5.12. The average Bonchev–Trinajstić information content (AvgIpc) is 2.42. The van der Waals surface area contributed by atoms with E-state index in [1.807, 2.05) is 0 Å². The van der Waals surface area contributed by atoms with Crippen molar-refractivity contribution >= 4 is 17.4 Å². The van der Waals surface area contributed by atoms with E-state index in [2.05, 4.69) is 0 Å². The quantitative estimate of drug-likeness (QED) is 0.596. The van der Waals surface area contributed by atoms with Crippen LogP contribution < -0.4 is 10.5 Å². The fraction of sp³-hybridized carbons (Fsp3) is 0.467. The molecule has 0 aromatic heterocycles. The van der Waals surface area contributed by atoms with E-state index in [4.69, 9.17) is 10.5 Å². The first kappa shape index (κ1) is 16.9. The Bertz CT molecular complexity index is 559. The van der Waals surface area contributed by atoms with Gasteiger partial charge in [0, 0.05) is 12.5 Å². The van der Waals surface area contributed by atoms with Crippen molar-refractivity contribution in [1.29, 1.82) is 0 Å². The number of hydrogen-bond donors (Lipinski definition) is 2. The monoisotopic (exact) mass is 297 g/mol. The highest BCUT2D eigenvalue weighted by Gasteiger charge is 2.34. The van der Waals surface area contributed by atoms with E-state index < -0.39 is 23.0 Å². The molecule has 21 heavy (non-hydrogen) atoms. The lowest BCUT2D eigenvalue weighted by molar-refractivity contribution is -0.148. The Balaban J connectivity index is 3.17. The van der Waals surface area contributed by atoms with Gasteiger partial charge in [-0.2, -0.15) is 0 Å². The molecule has 0 amide bonds. The summed E-state index contributed by atoms with van der Waals surface area (Å²) in [5.74, 6) is -2.10. The van der Waals surface area contributed by atoms with Crippen LogP contribution in [0.3, 0.4) is 0 Å². The molecule has 0 aliphatic carbocycles. The number of carbonyl (C=O) groups is 2. The van der Waals surface area contributed by atoms with Crippen LogP contribution in [0.1, 0.15) is 44.0 Å². The molecular weight excluding hydrogens is 277 g/mol. The molecule has 116 valence electrons. The molecule has 1 aromatic carbocycles. The number of ketones is 1. The Labute approximate surface area is 122 Å². The van der Waals surface area contributed by atoms with Crippen LogP contribution >= 0.6 is 0 Å². The maximum absolute atomic E-state index is 13.6. The van der Waals surface area contributed by atoms with Gasteiger partial charge in [-0.05, 0) is 26.3 Å². The Hall–Kier alpha value is -2.11. The Morgan fingerprint density at radius 2 is 2.00 bits per heavy atom. The van der Waals surface area contributed by atoms with Gasteiger partial charge < -0.3 is 15.6 Å². The van der Waals surface area contributed by atoms with Crippen molar-refractivity contribution in [3.8, 4) is 5.75 Å². The molecule has 6 heteroatoms. The Morgan fingerprint density at radius 3 is 2.48 bits per heavy atom. The first-order chi connectivity index (χ1) is 9.75. The Morgan fingerprint density at radius 1 is 1.38 bits per heavy atom. The zero-order valence-corrected chi connectivity index (χ0v) is 12.4. The van der Waals surface area contributed by atoms with Gasteiger partial charge in [0.15, 0.2) is 5.78 Å². The Kier molecular flexibility index (Phi) is 5.29. The van der Waals surface area contributed by atoms with E-state index in [1.54, 1.807) is 13.8 Å². The number of hydrogen-bond acceptors (Lipinski definition) is 4. The van der Waals surface area contributed by atoms with E-state index in [-0.39, 0.29) is 36.4 Å². The van der Waals surface area contributed by atoms with Gasteiger partial charge in [-0.1, -0.05) is 6.92 Å². The lowest BCUT2D eigenvalue weighted by atomic mass is 9.81. The summed E-state index contributed by atoms with van der Waals surface area (Å²) in [4.78, 5) is 23.6. The maximum Gasteiger partial charge on any atom is 0.309 e. The summed E-state index contributed by atoms with van der Waals surface area (Å²) in [5.41, 5.74) is 4.16. The van der Waals surface area contributed by atoms with Gasteiger partial charge in [0.05, 0.1) is 23.3 Å². The molecule has 0 aliphatic rings. The topological polar surface area (TPSA) is 89.6 Å². The van der Waals surface area contributed by atoms with Gasteiger partial charge in [-0.25, -0.2) is 4.39 Å². The number of aliphatic carboxylic acids is 1. The smallest absolute Gasteiger partial charge is 0.309 e. The standard InChI is InChI=1S/C15H20FNO4/c1-4-15(3,14(19)20)8-12(18)9-6-10(16)11(17)7-13(9)21-5-2/h6-7H,4-5,8,17H2,1-3H3,(H,19,20)/t15-/m0/s1. The summed E-state index contributed by atoms with van der Waals surface area (Å²) in [7, 11) is 0. The second kappa shape index (κ2) is 6.56. The molecule has 0 saturated heterocycles. The second-order valence-electron chi connectivity index (χ2n) is 5.12. The zero-order chi connectivity index (χ0) is 16.2. The van der Waals surface area contributed by atoms with Crippen molar-refractivity contribution < 1.29 is 23.8 Å². The molecule has 3 N–H and O–H groups in total. The maximum atomic E-state index is 13.6. The third kappa shape index (κ3) is 3.71. The molecule has 1 aromatic rings. The summed E-state index contributed by atoms with van der Waals surface area (Å²) in [6, 6.07) is 2.25. The van der Waals surface area contributed by atoms with Gasteiger partial charge in [0.1, 0.15) is 11.6 Å². The van der Waals surface area contributed by atoms with Gasteiger partial charge >= 0.3 is 5.97 Å². The van der Waals surface area contributed by atoms with Crippen LogP contribution in [-0.4, -0.2) is 23.5 Å². The van der Waals surface area contributed by atoms with E-state index in [1.165, 1.54) is 13.0 Å². The van der Waals surface area contributed by atoms with Crippen molar-refractivity contribution in [2.75, 3.05) is 12.3 Å². The van der Waals surface area contributed by atoms with Gasteiger partial charge in [-0.15, -0.1) is 0 Å². The number of halogens is 1. The molecule has 1 rings (SSSR count). The molecule has 1 atom stereocenters. The third-order valence-electron chi connectivity index (χ3n) is 3.55. The van der Waals surface area contributed by atoms with Gasteiger partial charge in [0.25, 0.3) is 0 Å². The minimum atomic E-state index is -1.20. The summed E-state index contributed by atoms with van der Waals surface area (Å²) in [6.07, 6.45) is 0.0533. The van der Waals surface area contributed by atoms with Crippen molar-refractivity contribution in [2.24, 2.45) is 5.41 Å². The molecule has 0 heterocycles. The number of rotatable bonds is 7. The minimum absolute atomic E-state index is 0.0180. The number of carboxylic acid groups (broad SMARTS) is 1. The van der Waals surface area contributed by atoms with Gasteiger partial charge in [-0.3, -0.25) is 9.59 Å². The molecule has 0 saturated carbocycles. The largest absolute Gasteiger partial charge is 0.493 e. The number of carbonyl (C=O) groups excluding carboxylic acids is 1. The van der Waals surface area contributed by atoms with Crippen LogP contribution in [0.4, 0.5) is 10.1 Å². The number of nitrogen functional groups attached to an aromatic ring is 1. The van der Waals surface area contributed by atoms with E-state index >= 15 is 0 Å². The fourth-order valence-corrected chi connectivity index (χ4v) is 1.86. The molecule has 0 bridgehead atoms. The molecule has 0 fully saturated rings. The lowest BCUT2D eigenvalue weighted by Crippen LogP contribution is -2.30. The van der Waals surface area contributed by atoms with Gasteiger partial charge in [0.2, 0.25) is 0 Å². The van der Waals surface area contributed by atoms with Crippen molar-refractivity contribution in [3.05, 3.63) is 23.5 Å². The number of carboxylic acids is 1. The van der Waals surface area contributed by atoms with Crippen LogP contribution in [-0.2, 0) is 4.79 Å². The van der Waals surface area contributed by atoms with Crippen LogP contribution in [0.25, 0.3) is 0 Å². The third-order valence-corrected chi connectivity index (χ3v) is 3.55. The lowest BCUT2D eigenvalue weighted by Gasteiger charge is -2.22. The van der Waals surface area contributed by atoms with Crippen molar-refractivity contribution in [1.82, 2.24) is 0 Å². The van der Waals surface area contributed by atoms with E-state index in [0.29, 0.717) is 0 Å². The minimum Gasteiger partial charge on any atom is -0.493 e. The number of benzene rings is 1. The number of Topliss-reactive ketones (excluding diaryl/α,β-unsaturated/α-hetero) is 1. The number of anilines is 1. The molecule has 0 unspecified atom stereocenters. The summed E-state index contributed by atoms with van der Waals surface area (Å²) in [6.45, 7) is 5.19. The fourth-order valence-electron chi connectivity index (χ4n) is 1.86. The highest BCUT2D eigenvalue weighted by atomic mass is 19.1. The van der Waals surface area contributed by atoms with E-state index in [9.17, 15) is 19.1 Å². The highest BCUT2D eigenvalue weighted by molar-refractivity contribution is 6.01. The summed E-state index contributed by atoms with van der Waals surface area (Å²) in [5, 5.41) is 9.22. The van der Waals surface area contributed by atoms with Crippen LogP contribution in [0.5, 0.6) is 5.75 Å². The highest BCUT2D eigenvalue weighted by Crippen LogP contribution is 2.32. The molecule has 5 nitrogen and oxygen atoms in total. The van der Waals surface area contributed by atoms with Crippen LogP contribution in [0.2, 0.25) is 0 Å². The first-order valence-corrected chi connectivity index (χ1v) is 6.73. The average molecular weight is 297 g/mol. The summed E-state index contributed by atoms with van der Waals surface area (Å²) >= 11 is 0. The molecule has 0 aliphatic heterocycles. The predicted molar refractivity (Wildman–Crippen MR) is 77.0 cm³/mol.